The van der Waals surface area contributed by atoms with Gasteiger partial charge in [-0.25, -0.2) is 0 Å². The van der Waals surface area contributed by atoms with Crippen LogP contribution in [0.4, 0.5) is 5.82 Å². The Morgan fingerprint density at radius 3 is 2.87 bits per heavy atom. The van der Waals surface area contributed by atoms with Crippen molar-refractivity contribution in [1.82, 2.24) is 15.2 Å². The van der Waals surface area contributed by atoms with Crippen LogP contribution in [-0.4, -0.2) is 15.2 Å². The number of pyridine rings is 1. The molecule has 3 N–H and O–H groups in total. The van der Waals surface area contributed by atoms with Crippen molar-refractivity contribution in [2.75, 3.05) is 5.73 Å². The Labute approximate surface area is 87.5 Å². The van der Waals surface area contributed by atoms with Gasteiger partial charge in [-0.15, -0.1) is 0 Å². The van der Waals surface area contributed by atoms with Gasteiger partial charge in [0.1, 0.15) is 0 Å². The van der Waals surface area contributed by atoms with Crippen molar-refractivity contribution >= 4 is 5.82 Å². The van der Waals surface area contributed by atoms with Gasteiger partial charge in [0.25, 0.3) is 0 Å². The summed E-state index contributed by atoms with van der Waals surface area (Å²) < 4.78 is 0. The van der Waals surface area contributed by atoms with E-state index in [0.717, 1.165) is 17.0 Å². The molecule has 15 heavy (non-hydrogen) atoms. The van der Waals surface area contributed by atoms with Gasteiger partial charge in [-0.1, -0.05) is 6.07 Å². The summed E-state index contributed by atoms with van der Waals surface area (Å²) in [5, 5.41) is 7.09. The second-order valence-electron chi connectivity index (χ2n) is 3.89. The van der Waals surface area contributed by atoms with Gasteiger partial charge >= 0.3 is 0 Å². The Bertz CT molecular complexity index is 471. The molecule has 0 aromatic carbocycles. The maximum atomic E-state index is 5.86. The van der Waals surface area contributed by atoms with Crippen molar-refractivity contribution in [2.24, 2.45) is 0 Å². The summed E-state index contributed by atoms with van der Waals surface area (Å²) >= 11 is 0. The number of nitrogens with one attached hydrogen (secondary N) is 1. The van der Waals surface area contributed by atoms with Crippen LogP contribution in [0.15, 0.2) is 24.4 Å². The number of rotatable bonds is 2. The van der Waals surface area contributed by atoms with Crippen LogP contribution in [0.1, 0.15) is 24.5 Å². The monoisotopic (exact) mass is 200 g/mol. The molecule has 1 fully saturated rings. The highest BCUT2D eigenvalue weighted by Gasteiger charge is 2.30. The Morgan fingerprint density at radius 1 is 1.33 bits per heavy atom. The van der Waals surface area contributed by atoms with Gasteiger partial charge in [-0.05, 0) is 25.0 Å². The van der Waals surface area contributed by atoms with Crippen LogP contribution >= 0.6 is 0 Å². The quantitative estimate of drug-likeness (QED) is 0.778. The zero-order valence-electron chi connectivity index (χ0n) is 8.27. The number of hydrogen-bond donors (Lipinski definition) is 2. The van der Waals surface area contributed by atoms with E-state index >= 15 is 0 Å². The lowest BCUT2D eigenvalue weighted by molar-refractivity contribution is 0.968. The fourth-order valence-electron chi connectivity index (χ4n) is 1.82. The lowest BCUT2D eigenvalue weighted by Gasteiger charge is -2.01. The smallest absolute Gasteiger partial charge is 0.154 e. The zero-order chi connectivity index (χ0) is 10.3. The number of aromatic amines is 1. The number of hydrogen-bond acceptors (Lipinski definition) is 3. The number of anilines is 1. The van der Waals surface area contributed by atoms with Crippen molar-refractivity contribution in [2.45, 2.75) is 18.8 Å². The average molecular weight is 200 g/mol. The van der Waals surface area contributed by atoms with Gasteiger partial charge in [-0.2, -0.15) is 5.10 Å². The van der Waals surface area contributed by atoms with E-state index in [4.69, 9.17) is 5.73 Å². The molecule has 0 aliphatic heterocycles. The van der Waals surface area contributed by atoms with Gasteiger partial charge < -0.3 is 5.73 Å². The van der Waals surface area contributed by atoms with Crippen LogP contribution < -0.4 is 5.73 Å². The third kappa shape index (κ3) is 1.38. The van der Waals surface area contributed by atoms with E-state index < -0.39 is 0 Å². The van der Waals surface area contributed by atoms with Crippen LogP contribution in [0, 0.1) is 0 Å². The molecule has 0 amide bonds. The van der Waals surface area contributed by atoms with Gasteiger partial charge in [0.15, 0.2) is 5.82 Å². The molecule has 4 heteroatoms. The molecule has 0 unspecified atom stereocenters. The van der Waals surface area contributed by atoms with Crippen LogP contribution in [0.5, 0.6) is 0 Å². The summed E-state index contributed by atoms with van der Waals surface area (Å²) in [4.78, 5) is 4.31. The largest absolute Gasteiger partial charge is 0.382 e. The number of aromatic nitrogens is 3. The molecule has 76 valence electrons. The normalized spacial score (nSPS) is 15.5. The molecule has 0 spiro atoms. The van der Waals surface area contributed by atoms with Crippen molar-refractivity contribution in [3.63, 3.8) is 0 Å². The van der Waals surface area contributed by atoms with Crippen LogP contribution in [-0.2, 0) is 0 Å². The van der Waals surface area contributed by atoms with Gasteiger partial charge in [0.2, 0.25) is 0 Å². The highest BCUT2D eigenvalue weighted by molar-refractivity contribution is 5.74. The average Bonchev–Trinajstić information content (AvgIpc) is 3.04. The minimum Gasteiger partial charge on any atom is -0.382 e. The van der Waals surface area contributed by atoms with E-state index in [9.17, 15) is 0 Å². The maximum absolute atomic E-state index is 5.86. The van der Waals surface area contributed by atoms with E-state index in [2.05, 4.69) is 15.2 Å². The van der Waals surface area contributed by atoms with Crippen molar-refractivity contribution in [1.29, 1.82) is 0 Å². The first-order chi connectivity index (χ1) is 7.36. The third-order valence-corrected chi connectivity index (χ3v) is 2.73. The zero-order valence-corrected chi connectivity index (χ0v) is 8.27. The molecule has 3 rings (SSSR count). The Balaban J connectivity index is 2.13. The molecule has 0 bridgehead atoms. The van der Waals surface area contributed by atoms with E-state index in [1.807, 2.05) is 18.2 Å². The first-order valence-corrected chi connectivity index (χ1v) is 5.11. The fourth-order valence-corrected chi connectivity index (χ4v) is 1.82. The Kier molecular flexibility index (Phi) is 1.74. The molecule has 0 saturated heterocycles. The predicted octanol–water partition coefficient (Wildman–Crippen LogP) is 1.93. The summed E-state index contributed by atoms with van der Waals surface area (Å²) in [5.41, 5.74) is 8.89. The first kappa shape index (κ1) is 8.47. The van der Waals surface area contributed by atoms with E-state index in [1.54, 1.807) is 6.20 Å². The molecule has 2 aromatic heterocycles. The summed E-state index contributed by atoms with van der Waals surface area (Å²) in [5.74, 6) is 1.16. The number of nitrogen functional groups attached to an aromatic ring is 1. The predicted molar refractivity (Wildman–Crippen MR) is 58.2 cm³/mol. The van der Waals surface area contributed by atoms with Gasteiger partial charge in [0, 0.05) is 17.8 Å². The molecule has 1 aliphatic carbocycles. The van der Waals surface area contributed by atoms with Gasteiger partial charge in [-0.3, -0.25) is 10.1 Å². The minimum atomic E-state index is 0.551. The van der Waals surface area contributed by atoms with E-state index in [-0.39, 0.29) is 0 Å². The maximum Gasteiger partial charge on any atom is 0.154 e. The van der Waals surface area contributed by atoms with Crippen molar-refractivity contribution in [3.8, 4) is 11.3 Å². The molecule has 1 aliphatic rings. The number of nitrogens with two attached hydrogens (primary N) is 1. The molecule has 4 nitrogen and oxygen atoms in total. The molecule has 2 heterocycles. The highest BCUT2D eigenvalue weighted by atomic mass is 15.2. The molecule has 0 atom stereocenters. The topological polar surface area (TPSA) is 67.6 Å². The van der Waals surface area contributed by atoms with Gasteiger partial charge in [0.05, 0.1) is 11.3 Å². The van der Waals surface area contributed by atoms with Crippen LogP contribution in [0.25, 0.3) is 11.3 Å². The molecule has 1 saturated carbocycles. The highest BCUT2D eigenvalue weighted by Crippen LogP contribution is 2.44. The van der Waals surface area contributed by atoms with Crippen LogP contribution in [0.2, 0.25) is 0 Å². The van der Waals surface area contributed by atoms with Crippen molar-refractivity contribution < 1.29 is 0 Å². The summed E-state index contributed by atoms with van der Waals surface area (Å²) in [6.45, 7) is 0. The summed E-state index contributed by atoms with van der Waals surface area (Å²) in [7, 11) is 0. The van der Waals surface area contributed by atoms with Crippen molar-refractivity contribution in [3.05, 3.63) is 30.1 Å². The lowest BCUT2D eigenvalue weighted by Crippen LogP contribution is -1.91. The number of H-pyrrole nitrogens is 1. The summed E-state index contributed by atoms with van der Waals surface area (Å²) in [6, 6.07) is 5.83. The molecule has 2 aromatic rings. The standard InChI is InChI=1S/C11H12N4/c12-11-9(8-3-1-2-6-13-8)10(14-15-11)7-4-5-7/h1-3,6-7H,4-5H2,(H3,12,14,15). The SMILES string of the molecule is Nc1n[nH]c(C2CC2)c1-c1ccccn1. The molecule has 0 radical (unpaired) electrons. The van der Waals surface area contributed by atoms with Crippen LogP contribution in [0.3, 0.4) is 0 Å². The second-order valence-corrected chi connectivity index (χ2v) is 3.89. The minimum absolute atomic E-state index is 0.551. The third-order valence-electron chi connectivity index (χ3n) is 2.73. The van der Waals surface area contributed by atoms with E-state index in [0.29, 0.717) is 11.7 Å². The molecular weight excluding hydrogens is 188 g/mol. The molecular formula is C11H12N4. The summed E-state index contributed by atoms with van der Waals surface area (Å²) in [6.07, 6.45) is 4.22. The fraction of sp³-hybridized carbons (Fsp3) is 0.273. The first-order valence-electron chi connectivity index (χ1n) is 5.11. The number of nitrogens with zero attached hydrogens (tertiary/aromatic N) is 2. The Hall–Kier alpha value is -1.84. The Morgan fingerprint density at radius 2 is 2.20 bits per heavy atom. The second kappa shape index (κ2) is 3.08. The van der Waals surface area contributed by atoms with E-state index in [1.165, 1.54) is 12.8 Å². The lowest BCUT2D eigenvalue weighted by atomic mass is 10.1.